The summed E-state index contributed by atoms with van der Waals surface area (Å²) in [5, 5.41) is 0. The number of hydrogen-bond donors (Lipinski definition) is 1. The highest BCUT2D eigenvalue weighted by Crippen LogP contribution is 2.38. The summed E-state index contributed by atoms with van der Waals surface area (Å²) < 4.78 is 38.4. The number of amides is 1. The number of hydrogen-bond acceptors (Lipinski definition) is 5. The number of carbonyl (C=O) groups is 1. The SMILES string of the molecule is C=CCNS(=O)(=O)c1ccc(C(=O)N2CCCC2c2ccc3c(c2)OCCCO3)cc1. The van der Waals surface area contributed by atoms with Gasteiger partial charge in [-0.05, 0) is 54.8 Å². The monoisotopic (exact) mass is 442 g/mol. The third-order valence-electron chi connectivity index (χ3n) is 5.50. The molecule has 31 heavy (non-hydrogen) atoms. The van der Waals surface area contributed by atoms with Crippen molar-refractivity contribution in [2.75, 3.05) is 26.3 Å². The van der Waals surface area contributed by atoms with E-state index in [2.05, 4.69) is 11.3 Å². The van der Waals surface area contributed by atoms with E-state index in [0.29, 0.717) is 25.3 Å². The summed E-state index contributed by atoms with van der Waals surface area (Å²) in [6, 6.07) is 11.9. The number of carbonyl (C=O) groups excluding carboxylic acids is 1. The third kappa shape index (κ3) is 4.60. The molecule has 0 radical (unpaired) electrons. The lowest BCUT2D eigenvalue weighted by atomic mass is 10.0. The predicted octanol–water partition coefficient (Wildman–Crippen LogP) is 3.29. The summed E-state index contributed by atoms with van der Waals surface area (Å²) in [4.78, 5) is 15.2. The number of sulfonamides is 1. The van der Waals surface area contributed by atoms with Gasteiger partial charge in [0, 0.05) is 25.1 Å². The van der Waals surface area contributed by atoms with Gasteiger partial charge in [-0.25, -0.2) is 13.1 Å². The quantitative estimate of drug-likeness (QED) is 0.694. The van der Waals surface area contributed by atoms with Crippen molar-refractivity contribution in [3.8, 4) is 11.5 Å². The predicted molar refractivity (Wildman–Crippen MR) is 117 cm³/mol. The molecule has 1 N–H and O–H groups in total. The zero-order valence-electron chi connectivity index (χ0n) is 17.2. The lowest BCUT2D eigenvalue weighted by Gasteiger charge is -2.26. The number of nitrogens with zero attached hydrogens (tertiary/aromatic N) is 1. The van der Waals surface area contributed by atoms with Crippen LogP contribution in [0.4, 0.5) is 0 Å². The molecule has 0 spiro atoms. The number of ether oxygens (including phenoxy) is 2. The first-order valence-electron chi connectivity index (χ1n) is 10.4. The minimum atomic E-state index is -3.62. The van der Waals surface area contributed by atoms with Gasteiger partial charge in [0.25, 0.3) is 5.91 Å². The van der Waals surface area contributed by atoms with Crippen molar-refractivity contribution in [2.24, 2.45) is 0 Å². The summed E-state index contributed by atoms with van der Waals surface area (Å²) in [7, 11) is -3.62. The molecule has 1 fully saturated rings. The lowest BCUT2D eigenvalue weighted by Crippen LogP contribution is -2.30. The zero-order valence-corrected chi connectivity index (χ0v) is 18.1. The van der Waals surface area contributed by atoms with Crippen LogP contribution >= 0.6 is 0 Å². The number of rotatable bonds is 6. The molecule has 0 aliphatic carbocycles. The number of fused-ring (bicyclic) bond motifs is 1. The van der Waals surface area contributed by atoms with Crippen molar-refractivity contribution in [1.82, 2.24) is 9.62 Å². The summed E-state index contributed by atoms with van der Waals surface area (Å²) in [5.74, 6) is 1.34. The number of benzene rings is 2. The zero-order chi connectivity index (χ0) is 21.8. The first-order chi connectivity index (χ1) is 15.0. The Balaban J connectivity index is 1.53. The van der Waals surface area contributed by atoms with Gasteiger partial charge < -0.3 is 14.4 Å². The Kier molecular flexibility index (Phi) is 6.29. The highest BCUT2D eigenvalue weighted by atomic mass is 32.2. The minimum absolute atomic E-state index is 0.0534. The normalized spacial score (nSPS) is 18.5. The van der Waals surface area contributed by atoms with Crippen LogP contribution in [-0.2, 0) is 10.0 Å². The van der Waals surface area contributed by atoms with Gasteiger partial charge in [0.2, 0.25) is 10.0 Å². The van der Waals surface area contributed by atoms with Gasteiger partial charge in [-0.2, -0.15) is 0 Å². The maximum atomic E-state index is 13.2. The van der Waals surface area contributed by atoms with Crippen LogP contribution in [-0.4, -0.2) is 45.5 Å². The third-order valence-corrected chi connectivity index (χ3v) is 6.94. The van der Waals surface area contributed by atoms with Gasteiger partial charge in [0.1, 0.15) is 0 Å². The molecule has 7 nitrogen and oxygen atoms in total. The molecule has 4 rings (SSSR count). The van der Waals surface area contributed by atoms with Gasteiger partial charge in [0.05, 0.1) is 24.2 Å². The second-order valence-corrected chi connectivity index (χ2v) is 9.35. The van der Waals surface area contributed by atoms with Crippen LogP contribution in [0.15, 0.2) is 60.0 Å². The van der Waals surface area contributed by atoms with Crippen LogP contribution < -0.4 is 14.2 Å². The highest BCUT2D eigenvalue weighted by molar-refractivity contribution is 7.89. The maximum Gasteiger partial charge on any atom is 0.254 e. The standard InChI is InChI=1S/C23H26N2O5S/c1-2-12-24-31(27,28)19-9-6-17(7-10-19)23(26)25-13-3-5-20(25)18-8-11-21-22(16-18)30-15-4-14-29-21/h2,6-11,16,20,24H,1,3-5,12-15H2. The van der Waals surface area contributed by atoms with Crippen LogP contribution in [0.1, 0.15) is 41.2 Å². The van der Waals surface area contributed by atoms with Gasteiger partial charge in [-0.15, -0.1) is 6.58 Å². The summed E-state index contributed by atoms with van der Waals surface area (Å²) in [6.07, 6.45) is 4.08. The van der Waals surface area contributed by atoms with E-state index < -0.39 is 10.0 Å². The van der Waals surface area contributed by atoms with Crippen molar-refractivity contribution < 1.29 is 22.7 Å². The molecule has 2 aromatic carbocycles. The van der Waals surface area contributed by atoms with Crippen molar-refractivity contribution >= 4 is 15.9 Å². The fourth-order valence-corrected chi connectivity index (χ4v) is 4.94. The average molecular weight is 443 g/mol. The molecule has 1 unspecified atom stereocenters. The molecule has 2 heterocycles. The van der Waals surface area contributed by atoms with Gasteiger partial charge in [0.15, 0.2) is 11.5 Å². The molecule has 2 aromatic rings. The van der Waals surface area contributed by atoms with Crippen LogP contribution in [0.25, 0.3) is 0 Å². The highest BCUT2D eigenvalue weighted by Gasteiger charge is 2.31. The summed E-state index contributed by atoms with van der Waals surface area (Å²) in [5.41, 5.74) is 1.48. The Hall–Kier alpha value is -2.84. The summed E-state index contributed by atoms with van der Waals surface area (Å²) in [6.45, 7) is 5.55. The Morgan fingerprint density at radius 1 is 1.10 bits per heavy atom. The Labute approximate surface area is 182 Å². The van der Waals surface area contributed by atoms with Gasteiger partial charge in [-0.1, -0.05) is 12.1 Å². The Morgan fingerprint density at radius 3 is 2.58 bits per heavy atom. The minimum Gasteiger partial charge on any atom is -0.490 e. The Morgan fingerprint density at radius 2 is 1.84 bits per heavy atom. The molecule has 2 aliphatic rings. The van der Waals surface area contributed by atoms with E-state index in [1.165, 1.54) is 18.2 Å². The fraction of sp³-hybridized carbons (Fsp3) is 0.348. The second-order valence-electron chi connectivity index (χ2n) is 7.58. The van der Waals surface area contributed by atoms with Crippen LogP contribution in [0.3, 0.4) is 0 Å². The van der Waals surface area contributed by atoms with Crippen molar-refractivity contribution in [1.29, 1.82) is 0 Å². The smallest absolute Gasteiger partial charge is 0.254 e. The van der Waals surface area contributed by atoms with Gasteiger partial charge in [-0.3, -0.25) is 4.79 Å². The van der Waals surface area contributed by atoms with Crippen molar-refractivity contribution in [3.05, 3.63) is 66.2 Å². The average Bonchev–Trinajstić information content (AvgIpc) is 3.16. The van der Waals surface area contributed by atoms with E-state index in [0.717, 1.165) is 36.3 Å². The van der Waals surface area contributed by atoms with E-state index in [1.807, 2.05) is 23.1 Å². The molecule has 1 atom stereocenters. The molecule has 164 valence electrons. The Bertz CT molecular complexity index is 1070. The molecule has 1 amide bonds. The van der Waals surface area contributed by atoms with Crippen LogP contribution in [0.5, 0.6) is 11.5 Å². The fourth-order valence-electron chi connectivity index (χ4n) is 3.94. The van der Waals surface area contributed by atoms with E-state index >= 15 is 0 Å². The van der Waals surface area contributed by atoms with Crippen molar-refractivity contribution in [3.63, 3.8) is 0 Å². The van der Waals surface area contributed by atoms with Crippen LogP contribution in [0.2, 0.25) is 0 Å². The van der Waals surface area contributed by atoms with E-state index in [9.17, 15) is 13.2 Å². The largest absolute Gasteiger partial charge is 0.490 e. The first-order valence-corrected chi connectivity index (χ1v) is 11.9. The first kappa shape index (κ1) is 21.4. The van der Waals surface area contributed by atoms with Crippen molar-refractivity contribution in [2.45, 2.75) is 30.2 Å². The molecular weight excluding hydrogens is 416 g/mol. The lowest BCUT2D eigenvalue weighted by molar-refractivity contribution is 0.0735. The van der Waals surface area contributed by atoms with E-state index in [-0.39, 0.29) is 23.4 Å². The van der Waals surface area contributed by atoms with E-state index in [4.69, 9.17) is 9.47 Å². The molecule has 0 bridgehead atoms. The molecule has 1 saturated heterocycles. The van der Waals surface area contributed by atoms with Crippen LogP contribution in [0, 0.1) is 0 Å². The van der Waals surface area contributed by atoms with E-state index in [1.54, 1.807) is 12.1 Å². The molecule has 2 aliphatic heterocycles. The topological polar surface area (TPSA) is 84.9 Å². The van der Waals surface area contributed by atoms with Gasteiger partial charge >= 0.3 is 0 Å². The number of likely N-dealkylation sites (tertiary alicyclic amines) is 1. The molecule has 0 saturated carbocycles. The maximum absolute atomic E-state index is 13.2. The molecule has 8 heteroatoms. The second kappa shape index (κ2) is 9.11. The number of nitrogens with one attached hydrogen (secondary N) is 1. The molecule has 0 aromatic heterocycles. The molecular formula is C23H26N2O5S. The summed E-state index contributed by atoms with van der Waals surface area (Å²) >= 11 is 0.